The van der Waals surface area contributed by atoms with E-state index in [1.54, 1.807) is 12.1 Å². The summed E-state index contributed by atoms with van der Waals surface area (Å²) in [6.45, 7) is 2.31. The topological polar surface area (TPSA) is 62.1 Å². The minimum absolute atomic E-state index is 0.00580. The Balaban J connectivity index is 1.71. The molecule has 2 aromatic carbocycles. The first-order valence-electron chi connectivity index (χ1n) is 10.6. The van der Waals surface area contributed by atoms with E-state index >= 15 is 0 Å². The van der Waals surface area contributed by atoms with Gasteiger partial charge in [-0.1, -0.05) is 37.5 Å². The third-order valence-corrected chi connectivity index (χ3v) is 6.99. The number of phenols is 1. The number of carbonyl (C=O) groups excluding carboxylic acids is 1. The molecule has 4 rings (SSSR count). The van der Waals surface area contributed by atoms with E-state index in [0.717, 1.165) is 42.1 Å². The van der Waals surface area contributed by atoms with Crippen LogP contribution >= 0.6 is 27.7 Å². The molecule has 2 aromatic rings. The van der Waals surface area contributed by atoms with E-state index in [9.17, 15) is 9.90 Å². The van der Waals surface area contributed by atoms with Gasteiger partial charge in [0.1, 0.15) is 0 Å². The van der Waals surface area contributed by atoms with Crippen LogP contribution in [0.1, 0.15) is 44.6 Å². The maximum absolute atomic E-state index is 13.4. The highest BCUT2D eigenvalue weighted by Gasteiger charge is 2.38. The van der Waals surface area contributed by atoms with Gasteiger partial charge >= 0.3 is 0 Å². The number of rotatable bonds is 5. The molecule has 0 bridgehead atoms. The molecular weight excluding hydrogens is 476 g/mol. The fourth-order valence-electron chi connectivity index (χ4n) is 3.93. The van der Waals surface area contributed by atoms with Crippen LogP contribution in [0, 0.1) is 0 Å². The van der Waals surface area contributed by atoms with E-state index < -0.39 is 0 Å². The fraction of sp³-hybridized carbons (Fsp3) is 0.333. The summed E-state index contributed by atoms with van der Waals surface area (Å²) in [5.74, 6) is 0.444. The third-order valence-electron chi connectivity index (χ3n) is 5.41. The van der Waals surface area contributed by atoms with Gasteiger partial charge in [-0.25, -0.2) is 4.99 Å². The van der Waals surface area contributed by atoms with Gasteiger partial charge in [0.05, 0.1) is 21.7 Å². The number of hydrogen-bond donors (Lipinski definition) is 1. The molecule has 31 heavy (non-hydrogen) atoms. The Morgan fingerprint density at radius 3 is 2.68 bits per heavy atom. The first-order chi connectivity index (χ1) is 15.1. The van der Waals surface area contributed by atoms with Crippen LogP contribution in [0.2, 0.25) is 0 Å². The van der Waals surface area contributed by atoms with Crippen molar-refractivity contribution >= 4 is 50.5 Å². The van der Waals surface area contributed by atoms with Crippen LogP contribution in [-0.2, 0) is 4.79 Å². The van der Waals surface area contributed by atoms with Gasteiger partial charge < -0.3 is 9.84 Å². The number of amides is 1. The second-order valence-electron chi connectivity index (χ2n) is 7.59. The molecule has 1 saturated carbocycles. The highest BCUT2D eigenvalue weighted by molar-refractivity contribution is 9.10. The lowest BCUT2D eigenvalue weighted by atomic mass is 9.94. The minimum Gasteiger partial charge on any atom is -0.503 e. The number of nitrogens with zero attached hydrogens (tertiary/aromatic N) is 2. The average Bonchev–Trinajstić information content (AvgIpc) is 3.07. The summed E-state index contributed by atoms with van der Waals surface area (Å²) >= 11 is 4.79. The van der Waals surface area contributed by atoms with E-state index in [-0.39, 0.29) is 17.7 Å². The van der Waals surface area contributed by atoms with Gasteiger partial charge in [-0.2, -0.15) is 0 Å². The summed E-state index contributed by atoms with van der Waals surface area (Å²) in [6.07, 6.45) is 7.36. The standard InChI is InChI=1S/C24H25BrN2O3S/c1-2-30-20-14-16(13-19(25)22(20)28)15-21-23(29)27(18-11-7-4-8-12-18)24(31-21)26-17-9-5-3-6-10-17/h3,5-6,9-10,13-15,18,28H,2,4,7-8,11-12H2,1H3. The first kappa shape index (κ1) is 22.0. The van der Waals surface area contributed by atoms with Crippen LogP contribution in [0.3, 0.4) is 0 Å². The molecule has 0 atom stereocenters. The molecule has 1 aliphatic heterocycles. The molecule has 1 saturated heterocycles. The number of hydrogen-bond acceptors (Lipinski definition) is 5. The largest absolute Gasteiger partial charge is 0.503 e. The molecule has 1 N–H and O–H groups in total. The van der Waals surface area contributed by atoms with Gasteiger partial charge in [0, 0.05) is 6.04 Å². The zero-order valence-corrected chi connectivity index (χ0v) is 19.8. The molecule has 0 aromatic heterocycles. The summed E-state index contributed by atoms with van der Waals surface area (Å²) < 4.78 is 6.06. The number of carbonyl (C=O) groups is 1. The predicted molar refractivity (Wildman–Crippen MR) is 130 cm³/mol. The number of benzene rings is 2. The van der Waals surface area contributed by atoms with Gasteiger partial charge in [-0.05, 0) is 83.4 Å². The van der Waals surface area contributed by atoms with Crippen molar-refractivity contribution in [1.29, 1.82) is 0 Å². The van der Waals surface area contributed by atoms with Crippen molar-refractivity contribution in [2.75, 3.05) is 6.61 Å². The Morgan fingerprint density at radius 2 is 1.97 bits per heavy atom. The fourth-order valence-corrected chi connectivity index (χ4v) is 5.45. The smallest absolute Gasteiger partial charge is 0.267 e. The number of halogens is 1. The summed E-state index contributed by atoms with van der Waals surface area (Å²) in [6, 6.07) is 13.5. The van der Waals surface area contributed by atoms with E-state index in [0.29, 0.717) is 21.7 Å². The van der Waals surface area contributed by atoms with Gasteiger partial charge in [-0.15, -0.1) is 0 Å². The van der Waals surface area contributed by atoms with Crippen molar-refractivity contribution in [1.82, 2.24) is 4.90 Å². The summed E-state index contributed by atoms with van der Waals surface area (Å²) in [7, 11) is 0. The zero-order valence-electron chi connectivity index (χ0n) is 17.4. The number of aliphatic imine (C=N–C) groups is 1. The molecule has 1 amide bonds. The van der Waals surface area contributed by atoms with Gasteiger partial charge in [0.15, 0.2) is 16.7 Å². The van der Waals surface area contributed by atoms with Crippen LogP contribution in [0.5, 0.6) is 11.5 Å². The second kappa shape index (κ2) is 9.92. The molecule has 0 spiro atoms. The summed E-state index contributed by atoms with van der Waals surface area (Å²) in [5.41, 5.74) is 1.62. The lowest BCUT2D eigenvalue weighted by Gasteiger charge is -2.30. The van der Waals surface area contributed by atoms with E-state index in [1.807, 2.05) is 48.2 Å². The lowest BCUT2D eigenvalue weighted by Crippen LogP contribution is -2.40. The van der Waals surface area contributed by atoms with Crippen molar-refractivity contribution in [2.24, 2.45) is 4.99 Å². The van der Waals surface area contributed by atoms with Crippen molar-refractivity contribution in [2.45, 2.75) is 45.1 Å². The van der Waals surface area contributed by atoms with Gasteiger partial charge in [0.25, 0.3) is 5.91 Å². The number of phenolic OH excluding ortho intramolecular Hbond substituents is 1. The van der Waals surface area contributed by atoms with Gasteiger partial charge in [0.2, 0.25) is 0 Å². The first-order valence-corrected chi connectivity index (χ1v) is 12.2. The SMILES string of the molecule is CCOc1cc(C=C2SC(=Nc3ccccc3)N(C3CCCCC3)C2=O)cc(Br)c1O. The second-order valence-corrected chi connectivity index (χ2v) is 9.45. The molecule has 162 valence electrons. The molecule has 2 fully saturated rings. The number of thioether (sulfide) groups is 1. The predicted octanol–water partition coefficient (Wildman–Crippen LogP) is 6.49. The van der Waals surface area contributed by atoms with Gasteiger partial charge in [-0.3, -0.25) is 9.69 Å². The molecular formula is C24H25BrN2O3S. The molecule has 1 heterocycles. The van der Waals surface area contributed by atoms with Crippen LogP contribution in [0.4, 0.5) is 5.69 Å². The summed E-state index contributed by atoms with van der Waals surface area (Å²) in [5, 5.41) is 10.9. The minimum atomic E-state index is -0.00580. The van der Waals surface area contributed by atoms with Crippen molar-refractivity contribution in [3.63, 3.8) is 0 Å². The van der Waals surface area contributed by atoms with Crippen LogP contribution < -0.4 is 4.74 Å². The molecule has 1 aliphatic carbocycles. The Bertz CT molecular complexity index is 1020. The van der Waals surface area contributed by atoms with Crippen molar-refractivity contribution in [3.8, 4) is 11.5 Å². The Kier molecular flexibility index (Phi) is 7.02. The quantitative estimate of drug-likeness (QED) is 0.476. The normalized spacial score (nSPS) is 20.1. The highest BCUT2D eigenvalue weighted by Crippen LogP contribution is 2.40. The molecule has 2 aliphatic rings. The average molecular weight is 501 g/mol. The molecule has 5 nitrogen and oxygen atoms in total. The molecule has 7 heteroatoms. The lowest BCUT2D eigenvalue weighted by molar-refractivity contribution is -0.124. The van der Waals surface area contributed by atoms with Crippen LogP contribution in [0.25, 0.3) is 6.08 Å². The summed E-state index contributed by atoms with van der Waals surface area (Å²) in [4.78, 5) is 20.8. The number of para-hydroxylation sites is 1. The molecule has 0 radical (unpaired) electrons. The van der Waals surface area contributed by atoms with E-state index in [1.165, 1.54) is 18.2 Å². The number of aromatic hydroxyl groups is 1. The Hall–Kier alpha value is -2.25. The number of amidine groups is 1. The van der Waals surface area contributed by atoms with Crippen molar-refractivity contribution < 1.29 is 14.6 Å². The Morgan fingerprint density at radius 1 is 1.23 bits per heavy atom. The van der Waals surface area contributed by atoms with Crippen LogP contribution in [0.15, 0.2) is 56.8 Å². The third kappa shape index (κ3) is 4.99. The number of ether oxygens (including phenoxy) is 1. The Labute approximate surface area is 195 Å². The monoisotopic (exact) mass is 500 g/mol. The van der Waals surface area contributed by atoms with Crippen molar-refractivity contribution in [3.05, 3.63) is 57.4 Å². The highest BCUT2D eigenvalue weighted by atomic mass is 79.9. The maximum atomic E-state index is 13.4. The van der Waals surface area contributed by atoms with Crippen LogP contribution in [-0.4, -0.2) is 33.7 Å². The molecule has 0 unspecified atom stereocenters. The van der Waals surface area contributed by atoms with E-state index in [4.69, 9.17) is 9.73 Å². The zero-order chi connectivity index (χ0) is 21.8. The van der Waals surface area contributed by atoms with E-state index in [2.05, 4.69) is 15.9 Å². The maximum Gasteiger partial charge on any atom is 0.267 e.